The lowest BCUT2D eigenvalue weighted by atomic mass is 9.86. The number of hydrogen-bond donors (Lipinski definition) is 5. The van der Waals surface area contributed by atoms with Gasteiger partial charge in [0.05, 0.1) is 42.6 Å². The maximum absolute atomic E-state index is 13.2. The number of nitrogens with two attached hydrogens (primary N) is 1. The van der Waals surface area contributed by atoms with Gasteiger partial charge >= 0.3 is 11.9 Å². The number of amides is 1. The number of aliphatic hydroxyl groups is 3. The minimum Gasteiger partial charge on any atom is -0.496 e. The van der Waals surface area contributed by atoms with Gasteiger partial charge in [0.25, 0.3) is 0 Å². The Morgan fingerprint density at radius 3 is 2.76 bits per heavy atom. The summed E-state index contributed by atoms with van der Waals surface area (Å²) in [5, 5.41) is 34.6. The number of methoxy groups -OCH3 is 1. The molecule has 5 aliphatic rings. The number of nitrogens with zero attached hydrogens (tertiary/aromatic N) is 5. The van der Waals surface area contributed by atoms with Crippen LogP contribution in [0.25, 0.3) is 5.57 Å². The van der Waals surface area contributed by atoms with Crippen LogP contribution in [0.15, 0.2) is 44.8 Å². The molecule has 0 saturated carbocycles. The van der Waals surface area contributed by atoms with Gasteiger partial charge in [-0.1, -0.05) is 6.08 Å². The number of amidine groups is 1. The number of aldehydes is 1. The molecule has 5 heterocycles. The highest BCUT2D eigenvalue weighted by molar-refractivity contribution is 6.69. The molecule has 17 nitrogen and oxygen atoms in total. The summed E-state index contributed by atoms with van der Waals surface area (Å²) in [7, 11) is 1.44. The molecular formula is C33H39N7O10. The summed E-state index contributed by atoms with van der Waals surface area (Å²) in [4.78, 5) is 54.2. The molecule has 6 N–H and O–H groups in total. The van der Waals surface area contributed by atoms with Gasteiger partial charge in [0.2, 0.25) is 11.7 Å². The molecule has 0 aromatic heterocycles. The third-order valence-electron chi connectivity index (χ3n) is 9.07. The predicted molar refractivity (Wildman–Crippen MR) is 178 cm³/mol. The Morgan fingerprint density at radius 1 is 1.26 bits per heavy atom. The van der Waals surface area contributed by atoms with Crippen LogP contribution in [0.5, 0.6) is 17.2 Å². The number of aliphatic imine (C=N–C) groups is 3. The fraction of sp³-hybridized carbons (Fsp3) is 0.455. The largest absolute Gasteiger partial charge is 0.496 e. The average molecular weight is 694 g/mol. The van der Waals surface area contributed by atoms with Crippen LogP contribution in [-0.4, -0.2) is 112 Å². The molecule has 50 heavy (non-hydrogen) atoms. The van der Waals surface area contributed by atoms with E-state index in [2.05, 4.69) is 20.3 Å². The number of rotatable bonds is 13. The second-order valence-corrected chi connectivity index (χ2v) is 12.2. The molecule has 0 fully saturated rings. The second kappa shape index (κ2) is 13.9. The van der Waals surface area contributed by atoms with Crippen LogP contribution < -0.4 is 25.3 Å². The lowest BCUT2D eigenvalue weighted by Gasteiger charge is -2.34. The van der Waals surface area contributed by atoms with Crippen LogP contribution >= 0.6 is 0 Å². The van der Waals surface area contributed by atoms with Crippen molar-refractivity contribution in [1.29, 1.82) is 0 Å². The van der Waals surface area contributed by atoms with Gasteiger partial charge in [-0.3, -0.25) is 19.5 Å². The third kappa shape index (κ3) is 5.96. The van der Waals surface area contributed by atoms with Gasteiger partial charge in [0.1, 0.15) is 30.0 Å². The van der Waals surface area contributed by atoms with Crippen molar-refractivity contribution in [2.45, 2.75) is 64.1 Å². The van der Waals surface area contributed by atoms with Crippen LogP contribution in [0.1, 0.15) is 49.8 Å². The Hall–Kier alpha value is -5.26. The van der Waals surface area contributed by atoms with Crippen molar-refractivity contribution < 1.29 is 48.7 Å². The van der Waals surface area contributed by atoms with Gasteiger partial charge in [-0.2, -0.15) is 9.98 Å². The van der Waals surface area contributed by atoms with Gasteiger partial charge in [-0.05, 0) is 33.1 Å². The fourth-order valence-corrected chi connectivity index (χ4v) is 6.62. The summed E-state index contributed by atoms with van der Waals surface area (Å²) in [6, 6.07) is 0. The average Bonchev–Trinajstić information content (AvgIpc) is 3.84. The van der Waals surface area contributed by atoms with Crippen molar-refractivity contribution in [3.8, 4) is 17.2 Å². The zero-order valence-corrected chi connectivity index (χ0v) is 27.8. The minimum absolute atomic E-state index is 0.00684. The van der Waals surface area contributed by atoms with Crippen molar-refractivity contribution in [1.82, 2.24) is 15.1 Å². The van der Waals surface area contributed by atoms with Crippen molar-refractivity contribution in [2.75, 3.05) is 33.5 Å². The van der Waals surface area contributed by atoms with E-state index in [1.54, 1.807) is 37.2 Å². The molecule has 1 aromatic rings. The minimum atomic E-state index is -1.30. The molecule has 1 unspecified atom stereocenters. The zero-order chi connectivity index (χ0) is 35.7. The van der Waals surface area contributed by atoms with Crippen LogP contribution in [0, 0.1) is 0 Å². The number of guanidine groups is 1. The number of benzene rings is 1. The molecule has 0 bridgehead atoms. The van der Waals surface area contributed by atoms with Gasteiger partial charge in [-0.25, -0.2) is 4.79 Å². The first kappa shape index (κ1) is 34.6. The van der Waals surface area contributed by atoms with Gasteiger partial charge in [-0.15, -0.1) is 0 Å². The highest BCUT2D eigenvalue weighted by Gasteiger charge is 2.45. The number of hydrogen-bond acceptors (Lipinski definition) is 16. The molecule has 0 radical (unpaired) electrons. The highest BCUT2D eigenvalue weighted by Crippen LogP contribution is 2.54. The number of carbonyl (C=O) groups excluding carboxylic acids is 3. The van der Waals surface area contributed by atoms with E-state index in [-0.39, 0.29) is 90.1 Å². The molecule has 0 aliphatic carbocycles. The first-order valence-corrected chi connectivity index (χ1v) is 16.2. The topological polar surface area (TPSA) is 230 Å². The summed E-state index contributed by atoms with van der Waals surface area (Å²) < 4.78 is 23.6. The summed E-state index contributed by atoms with van der Waals surface area (Å²) >= 11 is 0. The highest BCUT2D eigenvalue weighted by atomic mass is 16.6. The normalized spacial score (nSPS) is 22.5. The number of esters is 1. The molecule has 0 saturated heterocycles. The van der Waals surface area contributed by atoms with Crippen molar-refractivity contribution in [3.63, 3.8) is 0 Å². The molecule has 1 aromatic carbocycles. The summed E-state index contributed by atoms with van der Waals surface area (Å²) in [5.74, 6) is -1.20. The summed E-state index contributed by atoms with van der Waals surface area (Å²) in [6.07, 6.45) is 5.97. The Balaban J connectivity index is 1.42. The van der Waals surface area contributed by atoms with E-state index in [9.17, 15) is 29.7 Å². The molecule has 5 aliphatic heterocycles. The molecule has 266 valence electrons. The number of fused-ring (bicyclic) bond motifs is 3. The molecule has 0 spiro atoms. The Labute approximate surface area is 287 Å². The van der Waals surface area contributed by atoms with E-state index in [0.717, 1.165) is 0 Å². The van der Waals surface area contributed by atoms with E-state index in [4.69, 9.17) is 24.7 Å². The zero-order valence-electron chi connectivity index (χ0n) is 27.8. The molecule has 1 amide bonds. The van der Waals surface area contributed by atoms with Crippen molar-refractivity contribution in [3.05, 3.63) is 46.5 Å². The van der Waals surface area contributed by atoms with Crippen LogP contribution in [0.3, 0.4) is 0 Å². The lowest BCUT2D eigenvalue weighted by Crippen LogP contribution is -2.53. The van der Waals surface area contributed by atoms with E-state index < -0.39 is 36.5 Å². The van der Waals surface area contributed by atoms with E-state index >= 15 is 0 Å². The first-order valence-electron chi connectivity index (χ1n) is 16.2. The van der Waals surface area contributed by atoms with E-state index in [0.29, 0.717) is 36.7 Å². The van der Waals surface area contributed by atoms with Crippen LogP contribution in [0.2, 0.25) is 0 Å². The number of allylic oxidation sites excluding steroid dienone is 2. The van der Waals surface area contributed by atoms with Crippen molar-refractivity contribution in [2.24, 2.45) is 20.7 Å². The smallest absolute Gasteiger partial charge is 0.375 e. The summed E-state index contributed by atoms with van der Waals surface area (Å²) in [6.45, 7) is 2.94. The molecular weight excluding hydrogens is 654 g/mol. The fourth-order valence-electron chi connectivity index (χ4n) is 6.62. The number of carbonyl (C=O) groups is 3. The summed E-state index contributed by atoms with van der Waals surface area (Å²) in [5.41, 5.74) is 5.78. The van der Waals surface area contributed by atoms with E-state index in [1.807, 2.05) is 4.90 Å². The first-order chi connectivity index (χ1) is 24.1. The number of ether oxygens (including phenoxy) is 4. The molecule has 6 rings (SSSR count). The quantitative estimate of drug-likeness (QED) is 0.103. The standard InChI is InChI=1S/C33H39N7O10/c1-4-48-30(45)27-19(14-42)17(7-10-39-11-9-35-32(39)40-16-36-23-28(40)37-31(34)38-29(23)44)22-25(47-3)18-13-21(33(2,46)8-5-6-12-41)49-24(18)20(15-43)26(22)50-27/h7,9,11,14,21,32,35,41,43,46H,4-6,8,10,12-13,15-16H2,1-3H3,(H2,34,38,44)/b17-7+/t21-,32?,33-/m0/s1. The predicted octanol–water partition coefficient (Wildman–Crippen LogP) is -0.176. The Morgan fingerprint density at radius 2 is 2.06 bits per heavy atom. The van der Waals surface area contributed by atoms with E-state index in [1.165, 1.54) is 7.11 Å². The Bertz CT molecular complexity index is 1790. The maximum Gasteiger partial charge on any atom is 0.375 e. The maximum atomic E-state index is 13.2. The Kier molecular flexibility index (Phi) is 9.64. The van der Waals surface area contributed by atoms with Crippen molar-refractivity contribution >= 4 is 41.2 Å². The monoisotopic (exact) mass is 693 g/mol. The third-order valence-corrected chi connectivity index (χ3v) is 9.07. The van der Waals surface area contributed by atoms with Crippen LogP contribution in [-0.2, 0) is 32.1 Å². The van der Waals surface area contributed by atoms with Gasteiger partial charge in [0, 0.05) is 43.1 Å². The number of aliphatic hydroxyl groups excluding tert-OH is 2. The molecule has 17 heteroatoms. The molecule has 3 atom stereocenters. The SMILES string of the molecule is CCOC(=O)C1=C(C=O)/C(=C\CN2C=CNC2N2CN=C3C(=O)N=C(N)N=C32)c2c(OC)c3c(c(CO)c2O1)O[C@H]([C@@](C)(O)CCCCO)C3. The second-order valence-electron chi connectivity index (χ2n) is 12.2. The van der Waals surface area contributed by atoms with Gasteiger partial charge < -0.3 is 50.2 Å². The van der Waals surface area contributed by atoms with Crippen LogP contribution in [0.4, 0.5) is 0 Å². The van der Waals surface area contributed by atoms with Gasteiger partial charge in [0.15, 0.2) is 24.1 Å². The lowest BCUT2D eigenvalue weighted by molar-refractivity contribution is -0.141. The number of unbranched alkanes of at least 4 members (excludes halogenated alkanes) is 1. The number of nitrogens with one attached hydrogen (secondary N) is 1.